The Hall–Kier alpha value is -5.27. The Kier molecular flexibility index (Phi) is 7.96. The average molecular weight is 623 g/mol. The van der Waals surface area contributed by atoms with Crippen molar-refractivity contribution in [2.45, 2.75) is 70.2 Å². The zero-order valence-corrected chi connectivity index (χ0v) is 25.7. The fourth-order valence-electron chi connectivity index (χ4n) is 6.32. The van der Waals surface area contributed by atoms with Gasteiger partial charge in [-0.3, -0.25) is 4.79 Å². The van der Waals surface area contributed by atoms with Gasteiger partial charge in [0.2, 0.25) is 0 Å². The summed E-state index contributed by atoms with van der Waals surface area (Å²) in [5, 5.41) is 32.1. The number of carbonyl (C=O) groups excluding carboxylic acids is 1. The van der Waals surface area contributed by atoms with E-state index in [0.29, 0.717) is 35.1 Å². The molecule has 0 aliphatic carbocycles. The van der Waals surface area contributed by atoms with Crippen molar-refractivity contribution < 1.29 is 34.0 Å². The Morgan fingerprint density at radius 3 is 2.74 bits per heavy atom. The molecule has 10 heteroatoms. The molecule has 4 heterocycles. The van der Waals surface area contributed by atoms with Crippen LogP contribution in [0.2, 0.25) is 0 Å². The number of hydrogen-bond donors (Lipinski definition) is 4. The van der Waals surface area contributed by atoms with Crippen LogP contribution in [0.3, 0.4) is 0 Å². The molecule has 0 saturated heterocycles. The molecule has 236 valence electrons. The van der Waals surface area contributed by atoms with Crippen LogP contribution in [0.25, 0.3) is 11.0 Å². The van der Waals surface area contributed by atoms with E-state index in [2.05, 4.69) is 16.8 Å². The molecule has 0 spiro atoms. The number of phenolic OH excluding ortho intramolecular Hbond substituents is 2. The molecule has 2 aliphatic rings. The smallest absolute Gasteiger partial charge is 0.333 e. The molecule has 0 amide bonds. The minimum Gasteiger partial charge on any atom is -0.508 e. The van der Waals surface area contributed by atoms with Crippen LogP contribution in [-0.2, 0) is 22.6 Å². The summed E-state index contributed by atoms with van der Waals surface area (Å²) in [6, 6.07) is 11.3. The number of aliphatic hydroxyl groups is 1. The van der Waals surface area contributed by atoms with E-state index in [1.165, 1.54) is 0 Å². The maximum Gasteiger partial charge on any atom is 0.333 e. The third kappa shape index (κ3) is 5.33. The van der Waals surface area contributed by atoms with Crippen molar-refractivity contribution in [3.8, 4) is 29.1 Å². The Morgan fingerprint density at radius 2 is 2.02 bits per heavy atom. The maximum atomic E-state index is 13.6. The van der Waals surface area contributed by atoms with Gasteiger partial charge >= 0.3 is 5.97 Å². The molecule has 2 aromatic heterocycles. The van der Waals surface area contributed by atoms with Crippen molar-refractivity contribution >= 4 is 22.8 Å². The SMILES string of the molecule is C/C=C(/C)C(=O)O[C@@H]1Cc2c3c(c4oc(CO)cc(=O)c4c2O)[C@H](c2ccnc(N)c2)[C@@H](c2cccc(O)c2)C#CCC[C@]1(C)O3. The standard InChI is InChI=1S/C36H34N2O8/c1-4-19(2)35(43)45-27-17-25-32(42)30-26(41)16-23(18-39)44-34(30)31-29(21-11-13-38-28(37)15-21)24(20-8-7-9-22(40)14-20)10-5-6-12-36(27,3)46-33(25)31/h4,7-9,11,13-16,24,27,29,39-40,42H,6,12,17-18H2,1-3H3,(H2,37,38)/b19-4-/t24-,27-,29-,36+/m1/s1. The summed E-state index contributed by atoms with van der Waals surface area (Å²) in [7, 11) is 0. The number of aromatic nitrogens is 1. The number of rotatable bonds is 5. The van der Waals surface area contributed by atoms with Gasteiger partial charge in [-0.15, -0.1) is 5.92 Å². The van der Waals surface area contributed by atoms with Gasteiger partial charge in [0.1, 0.15) is 58.1 Å². The number of fused-ring (bicyclic) bond motifs is 3. The van der Waals surface area contributed by atoms with Crippen LogP contribution >= 0.6 is 0 Å². The van der Waals surface area contributed by atoms with Crippen molar-refractivity contribution in [1.29, 1.82) is 0 Å². The zero-order valence-electron chi connectivity index (χ0n) is 25.7. The molecule has 2 aliphatic heterocycles. The van der Waals surface area contributed by atoms with Crippen molar-refractivity contribution in [1.82, 2.24) is 4.98 Å². The zero-order chi connectivity index (χ0) is 32.7. The topological polar surface area (TPSA) is 165 Å². The van der Waals surface area contributed by atoms with Crippen LogP contribution in [0, 0.1) is 11.8 Å². The van der Waals surface area contributed by atoms with Gasteiger partial charge in [-0.05, 0) is 56.2 Å². The number of phenols is 2. The Morgan fingerprint density at radius 1 is 1.22 bits per heavy atom. The van der Waals surface area contributed by atoms with E-state index < -0.39 is 41.5 Å². The van der Waals surface area contributed by atoms with Gasteiger partial charge in [0, 0.05) is 54.1 Å². The lowest BCUT2D eigenvalue weighted by Crippen LogP contribution is -2.51. The van der Waals surface area contributed by atoms with Crippen LogP contribution in [0.5, 0.6) is 17.2 Å². The lowest BCUT2D eigenvalue weighted by atomic mass is 9.74. The molecule has 0 unspecified atom stereocenters. The summed E-state index contributed by atoms with van der Waals surface area (Å²) in [5.74, 6) is 4.98. The highest BCUT2D eigenvalue weighted by Gasteiger charge is 2.48. The highest BCUT2D eigenvalue weighted by atomic mass is 16.6. The van der Waals surface area contributed by atoms with E-state index in [0.717, 1.165) is 6.07 Å². The first-order valence-electron chi connectivity index (χ1n) is 15.0. The number of aliphatic hydroxyl groups excluding tert-OH is 1. The molecule has 0 radical (unpaired) electrons. The number of pyridine rings is 1. The minimum absolute atomic E-state index is 0.00891. The fraction of sp³-hybridized carbons (Fsp3) is 0.306. The third-order valence-corrected chi connectivity index (χ3v) is 8.89. The molecular weight excluding hydrogens is 588 g/mol. The van der Waals surface area contributed by atoms with E-state index in [4.69, 9.17) is 19.6 Å². The van der Waals surface area contributed by atoms with E-state index >= 15 is 0 Å². The van der Waals surface area contributed by atoms with Gasteiger partial charge in [0.15, 0.2) is 5.43 Å². The predicted molar refractivity (Wildman–Crippen MR) is 170 cm³/mol. The summed E-state index contributed by atoms with van der Waals surface area (Å²) in [5.41, 5.74) is 6.97. The van der Waals surface area contributed by atoms with Gasteiger partial charge < -0.3 is 34.9 Å². The molecule has 2 bridgehead atoms. The Balaban J connectivity index is 1.74. The van der Waals surface area contributed by atoms with Crippen LogP contribution in [0.4, 0.5) is 5.82 Å². The molecule has 5 N–H and O–H groups in total. The molecule has 0 fully saturated rings. The monoisotopic (exact) mass is 622 g/mol. The predicted octanol–water partition coefficient (Wildman–Crippen LogP) is 4.96. The number of carbonyl (C=O) groups is 1. The number of anilines is 1. The van der Waals surface area contributed by atoms with Gasteiger partial charge in [0.05, 0.1) is 5.92 Å². The number of aromatic hydroxyl groups is 2. The molecule has 46 heavy (non-hydrogen) atoms. The average Bonchev–Trinajstić information content (AvgIpc) is 3.03. The molecule has 4 atom stereocenters. The summed E-state index contributed by atoms with van der Waals surface area (Å²) >= 11 is 0. The summed E-state index contributed by atoms with van der Waals surface area (Å²) in [4.78, 5) is 30.8. The first-order valence-corrected chi connectivity index (χ1v) is 15.0. The first kappa shape index (κ1) is 30.7. The number of esters is 1. The van der Waals surface area contributed by atoms with Crippen molar-refractivity contribution in [3.05, 3.63) is 98.5 Å². The summed E-state index contributed by atoms with van der Waals surface area (Å²) in [6.07, 6.45) is 3.17. The van der Waals surface area contributed by atoms with Crippen LogP contribution in [-0.4, -0.2) is 38.0 Å². The van der Waals surface area contributed by atoms with Crippen LogP contribution < -0.4 is 15.9 Å². The quantitative estimate of drug-likeness (QED) is 0.136. The lowest BCUT2D eigenvalue weighted by Gasteiger charge is -2.43. The first-order chi connectivity index (χ1) is 22.0. The summed E-state index contributed by atoms with van der Waals surface area (Å²) < 4.78 is 19.0. The molecule has 0 saturated carbocycles. The number of nitrogens with two attached hydrogens (primary N) is 1. The summed E-state index contributed by atoms with van der Waals surface area (Å²) in [6.45, 7) is 4.66. The van der Waals surface area contributed by atoms with Crippen LogP contribution in [0.15, 0.2) is 69.5 Å². The van der Waals surface area contributed by atoms with E-state index in [-0.39, 0.29) is 51.8 Å². The van der Waals surface area contributed by atoms with Crippen molar-refractivity contribution in [3.63, 3.8) is 0 Å². The van der Waals surface area contributed by atoms with Crippen LogP contribution in [0.1, 0.15) is 73.5 Å². The van der Waals surface area contributed by atoms with Crippen molar-refractivity contribution in [2.75, 3.05) is 5.73 Å². The maximum absolute atomic E-state index is 13.6. The Bertz CT molecular complexity index is 2020. The van der Waals surface area contributed by atoms with E-state index in [9.17, 15) is 24.9 Å². The highest BCUT2D eigenvalue weighted by molar-refractivity contribution is 5.92. The number of ether oxygens (including phenoxy) is 2. The normalized spacial score (nSPS) is 22.3. The number of nitrogen functional groups attached to an aromatic ring is 1. The van der Waals surface area contributed by atoms with Gasteiger partial charge in [0.25, 0.3) is 0 Å². The largest absolute Gasteiger partial charge is 0.508 e. The van der Waals surface area contributed by atoms with Crippen molar-refractivity contribution in [2.24, 2.45) is 0 Å². The third-order valence-electron chi connectivity index (χ3n) is 8.89. The second kappa shape index (κ2) is 11.9. The molecule has 6 rings (SSSR count). The number of allylic oxidation sites excluding steroid dienone is 1. The fourth-order valence-corrected chi connectivity index (χ4v) is 6.32. The minimum atomic E-state index is -1.09. The second-order valence-corrected chi connectivity index (χ2v) is 11.9. The van der Waals surface area contributed by atoms with Gasteiger partial charge in [-0.25, -0.2) is 9.78 Å². The molecule has 4 aromatic rings. The van der Waals surface area contributed by atoms with E-state index in [1.807, 2.05) is 13.0 Å². The highest BCUT2D eigenvalue weighted by Crippen LogP contribution is 2.54. The Labute approximate surface area is 265 Å². The van der Waals surface area contributed by atoms with Gasteiger partial charge in [-0.1, -0.05) is 24.1 Å². The molecule has 10 nitrogen and oxygen atoms in total. The number of hydrogen-bond acceptors (Lipinski definition) is 10. The second-order valence-electron chi connectivity index (χ2n) is 11.9. The lowest BCUT2D eigenvalue weighted by molar-refractivity contribution is -0.158. The van der Waals surface area contributed by atoms with E-state index in [1.54, 1.807) is 56.5 Å². The molecular formula is C36H34N2O8. The number of benzene rings is 2. The number of nitrogens with zero attached hydrogens (tertiary/aromatic N) is 1. The molecule has 2 aromatic carbocycles. The van der Waals surface area contributed by atoms with Gasteiger partial charge in [-0.2, -0.15) is 0 Å².